The van der Waals surface area contributed by atoms with Crippen LogP contribution in [0.4, 0.5) is 17.1 Å². The number of nitrogens with zero attached hydrogens (tertiary/aromatic N) is 2. The Balaban J connectivity index is 0.000000492. The average molecular weight is 242 g/mol. The molecule has 0 aromatic heterocycles. The van der Waals surface area contributed by atoms with Crippen molar-refractivity contribution in [1.82, 2.24) is 0 Å². The third-order valence-corrected chi connectivity index (χ3v) is 1.93. The lowest BCUT2D eigenvalue weighted by atomic mass is 10.3. The van der Waals surface area contributed by atoms with E-state index in [0.29, 0.717) is 0 Å². The molecule has 0 atom stereocenters. The van der Waals surface area contributed by atoms with Crippen molar-refractivity contribution in [1.29, 1.82) is 0 Å². The van der Waals surface area contributed by atoms with E-state index in [1.807, 2.05) is 42.5 Å². The van der Waals surface area contributed by atoms with Gasteiger partial charge in [0.15, 0.2) is 0 Å². The van der Waals surface area contributed by atoms with Gasteiger partial charge in [0.05, 0.1) is 11.4 Å². The Morgan fingerprint density at radius 1 is 0.778 bits per heavy atom. The summed E-state index contributed by atoms with van der Waals surface area (Å²) < 4.78 is 0. The lowest BCUT2D eigenvalue weighted by molar-refractivity contribution is 0.448. The van der Waals surface area contributed by atoms with Crippen molar-refractivity contribution in [3.8, 4) is 0 Å². The maximum absolute atomic E-state index is 7.00. The molecule has 0 unspecified atom stereocenters. The fourth-order valence-corrected chi connectivity index (χ4v) is 1.15. The Labute approximate surface area is 106 Å². The highest BCUT2D eigenvalue weighted by molar-refractivity contribution is 6.13. The number of nitrogen functional groups attached to an aromatic ring is 1. The molecule has 0 aliphatic heterocycles. The zero-order chi connectivity index (χ0) is 13.2. The van der Waals surface area contributed by atoms with Crippen LogP contribution in [0.2, 0.25) is 0 Å². The predicted molar refractivity (Wildman–Crippen MR) is 71.7 cm³/mol. The Bertz CT molecular complexity index is 474. The number of rotatable bonds is 2. The molecule has 0 fully saturated rings. The number of nitrogens with two attached hydrogens (primary N) is 1. The molecule has 91 valence electrons. The van der Waals surface area contributed by atoms with Crippen LogP contribution in [-0.4, -0.2) is 17.7 Å². The minimum absolute atomic E-state index is 0. The SMILES string of the molecule is Nc1ccc(N=Nc2ccccc2)cc1.O[B]O. The summed E-state index contributed by atoms with van der Waals surface area (Å²) in [4.78, 5) is 0. The van der Waals surface area contributed by atoms with Gasteiger partial charge in [-0.15, -0.1) is 0 Å². The summed E-state index contributed by atoms with van der Waals surface area (Å²) in [6, 6.07) is 16.9. The van der Waals surface area contributed by atoms with Gasteiger partial charge >= 0.3 is 7.69 Å². The molecular formula is C12H13BN3O2. The zero-order valence-electron chi connectivity index (χ0n) is 9.64. The zero-order valence-corrected chi connectivity index (χ0v) is 9.64. The molecule has 0 heterocycles. The van der Waals surface area contributed by atoms with Crippen LogP contribution >= 0.6 is 0 Å². The second kappa shape index (κ2) is 8.00. The molecule has 2 rings (SSSR count). The number of benzene rings is 2. The highest BCUT2D eigenvalue weighted by Crippen LogP contribution is 2.18. The Morgan fingerprint density at radius 3 is 1.72 bits per heavy atom. The van der Waals surface area contributed by atoms with Crippen molar-refractivity contribution in [2.24, 2.45) is 10.2 Å². The van der Waals surface area contributed by atoms with E-state index < -0.39 is 0 Å². The van der Waals surface area contributed by atoms with E-state index in [1.54, 1.807) is 12.1 Å². The van der Waals surface area contributed by atoms with Crippen LogP contribution in [0.15, 0.2) is 64.8 Å². The van der Waals surface area contributed by atoms with Gasteiger partial charge in [-0.05, 0) is 36.4 Å². The van der Waals surface area contributed by atoms with E-state index in [0.717, 1.165) is 17.1 Å². The first-order valence-corrected chi connectivity index (χ1v) is 5.18. The van der Waals surface area contributed by atoms with Crippen molar-refractivity contribution in [3.63, 3.8) is 0 Å². The van der Waals surface area contributed by atoms with Gasteiger partial charge in [-0.1, -0.05) is 18.2 Å². The molecule has 0 spiro atoms. The lowest BCUT2D eigenvalue weighted by Crippen LogP contribution is -1.80. The van der Waals surface area contributed by atoms with Crippen LogP contribution in [0.25, 0.3) is 0 Å². The molecule has 1 radical (unpaired) electrons. The predicted octanol–water partition coefficient (Wildman–Crippen LogP) is 2.19. The quantitative estimate of drug-likeness (QED) is 0.428. The van der Waals surface area contributed by atoms with Gasteiger partial charge in [0.1, 0.15) is 0 Å². The number of hydrogen-bond acceptors (Lipinski definition) is 5. The molecule has 0 aliphatic carbocycles. The molecule has 0 aliphatic rings. The minimum atomic E-state index is 0. The highest BCUT2D eigenvalue weighted by Gasteiger charge is 1.89. The molecule has 2 aromatic rings. The van der Waals surface area contributed by atoms with Crippen LogP contribution in [0.5, 0.6) is 0 Å². The summed E-state index contributed by atoms with van der Waals surface area (Å²) in [7, 11) is 0. The van der Waals surface area contributed by atoms with Crippen LogP contribution in [0, 0.1) is 0 Å². The van der Waals surface area contributed by atoms with Crippen molar-refractivity contribution in [3.05, 3.63) is 54.6 Å². The molecule has 0 saturated carbocycles. The van der Waals surface area contributed by atoms with Gasteiger partial charge in [0.25, 0.3) is 0 Å². The van der Waals surface area contributed by atoms with E-state index in [-0.39, 0.29) is 7.69 Å². The van der Waals surface area contributed by atoms with Crippen LogP contribution < -0.4 is 5.73 Å². The lowest BCUT2D eigenvalue weighted by Gasteiger charge is -1.93. The maximum atomic E-state index is 7.00. The minimum Gasteiger partial charge on any atom is -0.429 e. The standard InChI is InChI=1S/C12H11N3.BH2O2/c13-10-6-8-12(9-7-10)15-14-11-4-2-1-3-5-11;2-1-3/h1-9H,13H2;2-3H. The Kier molecular flexibility index (Phi) is 6.17. The first-order chi connectivity index (χ1) is 8.76. The van der Waals surface area contributed by atoms with Gasteiger partial charge in [-0.25, -0.2) is 0 Å². The molecule has 2 aromatic carbocycles. The smallest absolute Gasteiger partial charge is 0.429 e. The molecule has 4 N–H and O–H groups in total. The molecule has 18 heavy (non-hydrogen) atoms. The largest absolute Gasteiger partial charge is 0.482 e. The van der Waals surface area contributed by atoms with Gasteiger partial charge < -0.3 is 15.8 Å². The van der Waals surface area contributed by atoms with Crippen molar-refractivity contribution in [2.75, 3.05) is 5.73 Å². The highest BCUT2D eigenvalue weighted by atomic mass is 16.4. The van der Waals surface area contributed by atoms with Gasteiger partial charge in [0, 0.05) is 5.69 Å². The van der Waals surface area contributed by atoms with Crippen molar-refractivity contribution in [2.45, 2.75) is 0 Å². The Hall–Kier alpha value is -2.18. The molecule has 5 nitrogen and oxygen atoms in total. The first-order valence-electron chi connectivity index (χ1n) is 5.18. The third-order valence-electron chi connectivity index (χ3n) is 1.93. The van der Waals surface area contributed by atoms with E-state index in [1.165, 1.54) is 0 Å². The van der Waals surface area contributed by atoms with Crippen LogP contribution in [-0.2, 0) is 0 Å². The Morgan fingerprint density at radius 2 is 1.22 bits per heavy atom. The monoisotopic (exact) mass is 242 g/mol. The number of azo groups is 1. The van der Waals surface area contributed by atoms with E-state index >= 15 is 0 Å². The van der Waals surface area contributed by atoms with E-state index in [9.17, 15) is 0 Å². The summed E-state index contributed by atoms with van der Waals surface area (Å²) in [5.41, 5.74) is 7.93. The molecule has 0 saturated heterocycles. The average Bonchev–Trinajstić information content (AvgIpc) is 2.40. The van der Waals surface area contributed by atoms with Crippen LogP contribution in [0.1, 0.15) is 0 Å². The fraction of sp³-hybridized carbons (Fsp3) is 0. The second-order valence-corrected chi connectivity index (χ2v) is 3.24. The summed E-state index contributed by atoms with van der Waals surface area (Å²) in [5, 5.41) is 22.2. The fourth-order valence-electron chi connectivity index (χ4n) is 1.15. The first kappa shape index (κ1) is 13.9. The van der Waals surface area contributed by atoms with Gasteiger partial charge in [-0.3, -0.25) is 0 Å². The maximum Gasteiger partial charge on any atom is 0.482 e. The van der Waals surface area contributed by atoms with Crippen molar-refractivity contribution < 1.29 is 10.0 Å². The summed E-state index contributed by atoms with van der Waals surface area (Å²) in [5.74, 6) is 0. The normalized spacial score (nSPS) is 9.67. The number of hydrogen-bond donors (Lipinski definition) is 3. The molecule has 0 amide bonds. The summed E-state index contributed by atoms with van der Waals surface area (Å²) >= 11 is 0. The van der Waals surface area contributed by atoms with Gasteiger partial charge in [-0.2, -0.15) is 10.2 Å². The third kappa shape index (κ3) is 5.24. The van der Waals surface area contributed by atoms with Gasteiger partial charge in [0.2, 0.25) is 0 Å². The van der Waals surface area contributed by atoms with E-state index in [4.69, 9.17) is 15.8 Å². The molecule has 6 heteroatoms. The van der Waals surface area contributed by atoms with Crippen LogP contribution in [0.3, 0.4) is 0 Å². The topological polar surface area (TPSA) is 91.2 Å². The number of anilines is 1. The van der Waals surface area contributed by atoms with Crippen molar-refractivity contribution >= 4 is 24.7 Å². The van der Waals surface area contributed by atoms with E-state index in [2.05, 4.69) is 10.2 Å². The molecular weight excluding hydrogens is 229 g/mol. The second-order valence-electron chi connectivity index (χ2n) is 3.24. The summed E-state index contributed by atoms with van der Waals surface area (Å²) in [6.07, 6.45) is 0. The summed E-state index contributed by atoms with van der Waals surface area (Å²) in [6.45, 7) is 0. The molecule has 0 bridgehead atoms.